The summed E-state index contributed by atoms with van der Waals surface area (Å²) >= 11 is 0. The Bertz CT molecular complexity index is 731. The summed E-state index contributed by atoms with van der Waals surface area (Å²) in [7, 11) is -3.67. The molecule has 0 unspecified atom stereocenters. The van der Waals surface area contributed by atoms with Crippen LogP contribution in [0.3, 0.4) is 0 Å². The second-order valence-electron chi connectivity index (χ2n) is 6.15. The zero-order valence-corrected chi connectivity index (χ0v) is 15.9. The van der Waals surface area contributed by atoms with Gasteiger partial charge < -0.3 is 15.5 Å². The zero-order chi connectivity index (χ0) is 19.0. The first kappa shape index (κ1) is 20.2. The van der Waals surface area contributed by atoms with E-state index in [1.807, 2.05) is 11.8 Å². The van der Waals surface area contributed by atoms with Gasteiger partial charge in [-0.3, -0.25) is 4.79 Å². The van der Waals surface area contributed by atoms with Crippen LogP contribution in [0.5, 0.6) is 0 Å². The second kappa shape index (κ2) is 9.54. The Morgan fingerprint density at radius 2 is 2.00 bits per heavy atom. The number of primary sulfonamides is 1. The van der Waals surface area contributed by atoms with Gasteiger partial charge in [0.05, 0.1) is 11.4 Å². The van der Waals surface area contributed by atoms with Crippen LogP contribution in [0.1, 0.15) is 31.7 Å². The number of carbonyl (C=O) groups excluding carboxylic acids is 1. The molecule has 1 aromatic carbocycles. The van der Waals surface area contributed by atoms with Crippen LogP contribution < -0.4 is 15.8 Å². The third kappa shape index (κ3) is 6.30. The Hall–Kier alpha value is -2.13. The number of guanidine groups is 1. The van der Waals surface area contributed by atoms with E-state index in [1.54, 1.807) is 12.1 Å². The fourth-order valence-electron chi connectivity index (χ4n) is 2.71. The van der Waals surface area contributed by atoms with E-state index in [2.05, 4.69) is 15.6 Å². The summed E-state index contributed by atoms with van der Waals surface area (Å²) < 4.78 is 22.5. The van der Waals surface area contributed by atoms with Crippen molar-refractivity contribution in [1.82, 2.24) is 15.5 Å². The maximum atomic E-state index is 11.6. The third-order valence-electron chi connectivity index (χ3n) is 4.08. The van der Waals surface area contributed by atoms with Crippen molar-refractivity contribution in [2.24, 2.45) is 10.1 Å². The zero-order valence-electron chi connectivity index (χ0n) is 15.1. The predicted octanol–water partition coefficient (Wildman–Crippen LogP) is 0.402. The van der Waals surface area contributed by atoms with E-state index in [-0.39, 0.29) is 10.8 Å². The highest BCUT2D eigenvalue weighted by Crippen LogP contribution is 2.10. The number of nitrogens with two attached hydrogens (primary N) is 1. The van der Waals surface area contributed by atoms with Gasteiger partial charge in [0.25, 0.3) is 0 Å². The number of likely N-dealkylation sites (tertiary alicyclic amines) is 1. The van der Waals surface area contributed by atoms with Gasteiger partial charge >= 0.3 is 0 Å². The third-order valence-corrected chi connectivity index (χ3v) is 5.01. The monoisotopic (exact) mass is 381 g/mol. The number of hydrogen-bond donors (Lipinski definition) is 3. The maximum absolute atomic E-state index is 11.6. The molecule has 0 radical (unpaired) electrons. The molecule has 1 fully saturated rings. The normalized spacial score (nSPS) is 15.4. The highest BCUT2D eigenvalue weighted by atomic mass is 32.2. The highest BCUT2D eigenvalue weighted by molar-refractivity contribution is 7.89. The number of nitrogens with zero attached hydrogens (tertiary/aromatic N) is 2. The van der Waals surface area contributed by atoms with E-state index < -0.39 is 10.0 Å². The Kier molecular flexibility index (Phi) is 7.40. The molecule has 4 N–H and O–H groups in total. The van der Waals surface area contributed by atoms with Crippen LogP contribution in [0.2, 0.25) is 0 Å². The van der Waals surface area contributed by atoms with Crippen LogP contribution in [0, 0.1) is 0 Å². The van der Waals surface area contributed by atoms with Crippen molar-refractivity contribution in [2.45, 2.75) is 37.6 Å². The molecule has 2 rings (SSSR count). The summed E-state index contributed by atoms with van der Waals surface area (Å²) in [5.41, 5.74) is 0.886. The SMILES string of the molecule is CCNC(=NCc1ccc(S(N)(=O)=O)cc1)NCCCN1CCCC1=O. The molecule has 26 heavy (non-hydrogen) atoms. The van der Waals surface area contributed by atoms with Crippen molar-refractivity contribution in [3.05, 3.63) is 29.8 Å². The van der Waals surface area contributed by atoms with Crippen LogP contribution in [0.4, 0.5) is 0 Å². The molecule has 0 atom stereocenters. The number of hydrogen-bond acceptors (Lipinski definition) is 4. The molecular weight excluding hydrogens is 354 g/mol. The van der Waals surface area contributed by atoms with Gasteiger partial charge in [-0.15, -0.1) is 0 Å². The van der Waals surface area contributed by atoms with Crippen molar-refractivity contribution in [2.75, 3.05) is 26.2 Å². The molecule has 0 aromatic heterocycles. The first-order chi connectivity index (χ1) is 12.4. The van der Waals surface area contributed by atoms with E-state index >= 15 is 0 Å². The van der Waals surface area contributed by atoms with E-state index in [0.29, 0.717) is 18.9 Å². The van der Waals surface area contributed by atoms with Crippen LogP contribution in [0.25, 0.3) is 0 Å². The molecule has 0 bridgehead atoms. The molecule has 0 spiro atoms. The Labute approximate surface area is 154 Å². The number of benzene rings is 1. The van der Waals surface area contributed by atoms with Crippen molar-refractivity contribution >= 4 is 21.9 Å². The number of aliphatic imine (C=N–C) groups is 1. The average molecular weight is 382 g/mol. The molecule has 1 aliphatic rings. The van der Waals surface area contributed by atoms with E-state index in [1.165, 1.54) is 12.1 Å². The molecule has 1 aliphatic heterocycles. The summed E-state index contributed by atoms with van der Waals surface area (Å²) in [6.07, 6.45) is 2.49. The van der Waals surface area contributed by atoms with Crippen LogP contribution >= 0.6 is 0 Å². The standard InChI is InChI=1S/C17H27N5O3S/c1-2-19-17(20-10-4-12-22-11-3-5-16(22)23)21-13-14-6-8-15(9-7-14)26(18,24)25/h6-9H,2-5,10-13H2,1H3,(H2,18,24,25)(H2,19,20,21). The molecule has 9 heteroatoms. The van der Waals surface area contributed by atoms with Gasteiger partial charge in [0.2, 0.25) is 15.9 Å². The topological polar surface area (TPSA) is 117 Å². The molecule has 1 saturated heterocycles. The molecule has 1 aromatic rings. The first-order valence-electron chi connectivity index (χ1n) is 8.82. The lowest BCUT2D eigenvalue weighted by Crippen LogP contribution is -2.39. The molecule has 1 heterocycles. The van der Waals surface area contributed by atoms with Gasteiger partial charge in [-0.1, -0.05) is 12.1 Å². The minimum atomic E-state index is -3.67. The molecule has 1 amide bonds. The molecular formula is C17H27N5O3S. The summed E-state index contributed by atoms with van der Waals surface area (Å²) in [6, 6.07) is 6.36. The van der Waals surface area contributed by atoms with Gasteiger partial charge in [0, 0.05) is 32.6 Å². The highest BCUT2D eigenvalue weighted by Gasteiger charge is 2.18. The summed E-state index contributed by atoms with van der Waals surface area (Å²) in [5, 5.41) is 11.5. The van der Waals surface area contributed by atoms with Crippen LogP contribution in [0.15, 0.2) is 34.2 Å². The van der Waals surface area contributed by atoms with Gasteiger partial charge in [0.1, 0.15) is 0 Å². The minimum Gasteiger partial charge on any atom is -0.357 e. The fraction of sp³-hybridized carbons (Fsp3) is 0.529. The van der Waals surface area contributed by atoms with Gasteiger partial charge in [-0.05, 0) is 37.5 Å². The number of carbonyl (C=O) groups is 1. The molecule has 144 valence electrons. The minimum absolute atomic E-state index is 0.0896. The first-order valence-corrected chi connectivity index (χ1v) is 10.4. The van der Waals surface area contributed by atoms with Gasteiger partial charge in [0.15, 0.2) is 5.96 Å². The van der Waals surface area contributed by atoms with E-state index in [9.17, 15) is 13.2 Å². The van der Waals surface area contributed by atoms with Crippen molar-refractivity contribution in [3.63, 3.8) is 0 Å². The van der Waals surface area contributed by atoms with Crippen LogP contribution in [-0.4, -0.2) is 51.4 Å². The molecule has 0 saturated carbocycles. The largest absolute Gasteiger partial charge is 0.357 e. The predicted molar refractivity (Wildman–Crippen MR) is 101 cm³/mol. The van der Waals surface area contributed by atoms with Crippen molar-refractivity contribution in [3.8, 4) is 0 Å². The summed E-state index contributed by atoms with van der Waals surface area (Å²) in [5.74, 6) is 0.935. The van der Waals surface area contributed by atoms with Gasteiger partial charge in [-0.25, -0.2) is 18.5 Å². The Balaban J connectivity index is 1.82. The van der Waals surface area contributed by atoms with E-state index in [0.717, 1.165) is 44.6 Å². The summed E-state index contributed by atoms with van der Waals surface area (Å²) in [4.78, 5) is 18.1. The average Bonchev–Trinajstić information content (AvgIpc) is 3.01. The Morgan fingerprint density at radius 3 is 2.58 bits per heavy atom. The fourth-order valence-corrected chi connectivity index (χ4v) is 3.23. The lowest BCUT2D eigenvalue weighted by atomic mass is 10.2. The van der Waals surface area contributed by atoms with Crippen molar-refractivity contribution < 1.29 is 13.2 Å². The lowest BCUT2D eigenvalue weighted by molar-refractivity contribution is -0.127. The number of amides is 1. The van der Waals surface area contributed by atoms with E-state index in [4.69, 9.17) is 5.14 Å². The molecule has 0 aliphatic carbocycles. The van der Waals surface area contributed by atoms with Crippen LogP contribution in [-0.2, 0) is 21.4 Å². The smallest absolute Gasteiger partial charge is 0.238 e. The summed E-state index contributed by atoms with van der Waals surface area (Å²) in [6.45, 7) is 5.49. The second-order valence-corrected chi connectivity index (χ2v) is 7.71. The number of sulfonamides is 1. The van der Waals surface area contributed by atoms with Crippen molar-refractivity contribution in [1.29, 1.82) is 0 Å². The maximum Gasteiger partial charge on any atom is 0.238 e. The number of rotatable bonds is 8. The molecule has 8 nitrogen and oxygen atoms in total. The Morgan fingerprint density at radius 1 is 1.27 bits per heavy atom. The quantitative estimate of drug-likeness (QED) is 0.342. The lowest BCUT2D eigenvalue weighted by Gasteiger charge is -2.16. The number of nitrogens with one attached hydrogen (secondary N) is 2. The van der Waals surface area contributed by atoms with Gasteiger partial charge in [-0.2, -0.15) is 0 Å².